The molecule has 0 fully saturated rings. The number of hydrogen-bond acceptors (Lipinski definition) is 3. The third-order valence-corrected chi connectivity index (χ3v) is 4.08. The van der Waals surface area contributed by atoms with Crippen molar-refractivity contribution in [3.8, 4) is 5.75 Å². The van der Waals surface area contributed by atoms with E-state index in [-0.39, 0.29) is 0 Å². The van der Waals surface area contributed by atoms with Crippen molar-refractivity contribution in [1.29, 1.82) is 0 Å². The molecule has 124 valence electrons. The Morgan fingerprint density at radius 3 is 2.67 bits per heavy atom. The number of methoxy groups -OCH3 is 1. The summed E-state index contributed by atoms with van der Waals surface area (Å²) in [5.74, 6) is 0.872. The Kier molecular flexibility index (Phi) is 4.85. The third kappa shape index (κ3) is 3.27. The van der Waals surface area contributed by atoms with Gasteiger partial charge in [0.1, 0.15) is 5.75 Å². The fourth-order valence-electron chi connectivity index (χ4n) is 2.86. The Morgan fingerprint density at radius 1 is 1.12 bits per heavy atom. The molecule has 4 heteroatoms. The van der Waals surface area contributed by atoms with Gasteiger partial charge >= 0.3 is 0 Å². The van der Waals surface area contributed by atoms with E-state index in [4.69, 9.17) is 4.74 Å². The lowest BCUT2D eigenvalue weighted by Gasteiger charge is -2.08. The van der Waals surface area contributed by atoms with E-state index in [1.807, 2.05) is 30.5 Å². The van der Waals surface area contributed by atoms with E-state index in [0.29, 0.717) is 12.6 Å². The van der Waals surface area contributed by atoms with Crippen molar-refractivity contribution in [3.63, 3.8) is 0 Å². The van der Waals surface area contributed by atoms with Crippen molar-refractivity contribution in [2.24, 2.45) is 5.10 Å². The Hall–Kier alpha value is -2.75. The van der Waals surface area contributed by atoms with E-state index in [0.717, 1.165) is 16.9 Å². The van der Waals surface area contributed by atoms with E-state index in [1.54, 1.807) is 7.11 Å². The summed E-state index contributed by atoms with van der Waals surface area (Å²) in [5, 5.41) is 5.61. The van der Waals surface area contributed by atoms with Crippen molar-refractivity contribution in [3.05, 3.63) is 65.9 Å². The van der Waals surface area contributed by atoms with Crippen molar-refractivity contribution in [2.75, 3.05) is 7.11 Å². The van der Waals surface area contributed by atoms with E-state index in [1.165, 1.54) is 10.9 Å². The summed E-state index contributed by atoms with van der Waals surface area (Å²) in [6, 6.07) is 16.8. The Balaban J connectivity index is 1.76. The molecule has 0 aliphatic rings. The molecule has 0 bridgehead atoms. The summed E-state index contributed by atoms with van der Waals surface area (Å²) in [7, 11) is 1.68. The maximum atomic E-state index is 5.35. The van der Waals surface area contributed by atoms with Crippen LogP contribution in [0.2, 0.25) is 0 Å². The molecular weight excluding hydrogens is 298 g/mol. The minimum Gasteiger partial charge on any atom is -0.496 e. The predicted octanol–water partition coefficient (Wildman–Crippen LogP) is 4.35. The minimum absolute atomic E-state index is 0.415. The smallest absolute Gasteiger partial charge is 0.123 e. The highest BCUT2D eigenvalue weighted by Crippen LogP contribution is 2.23. The number of benzene rings is 2. The molecule has 1 aromatic heterocycles. The first-order valence-corrected chi connectivity index (χ1v) is 8.18. The zero-order valence-electron chi connectivity index (χ0n) is 14.4. The van der Waals surface area contributed by atoms with Gasteiger partial charge in [0.05, 0.1) is 19.9 Å². The van der Waals surface area contributed by atoms with Gasteiger partial charge in [-0.05, 0) is 26.0 Å². The number of hydrazone groups is 1. The van der Waals surface area contributed by atoms with Crippen molar-refractivity contribution < 1.29 is 4.74 Å². The number of ether oxygens (including phenoxy) is 1. The van der Waals surface area contributed by atoms with Gasteiger partial charge in [-0.15, -0.1) is 0 Å². The first kappa shape index (κ1) is 16.1. The molecule has 0 aliphatic heterocycles. The Bertz CT molecular complexity index is 849. The van der Waals surface area contributed by atoms with Crippen molar-refractivity contribution >= 4 is 17.1 Å². The average Bonchev–Trinajstić information content (AvgIpc) is 2.98. The van der Waals surface area contributed by atoms with Crippen LogP contribution in [0.3, 0.4) is 0 Å². The van der Waals surface area contributed by atoms with E-state index < -0.39 is 0 Å². The normalized spacial score (nSPS) is 11.5. The van der Waals surface area contributed by atoms with Crippen LogP contribution in [0, 0.1) is 0 Å². The fourth-order valence-corrected chi connectivity index (χ4v) is 2.86. The summed E-state index contributed by atoms with van der Waals surface area (Å²) in [5.41, 5.74) is 6.55. The van der Waals surface area contributed by atoms with Crippen LogP contribution < -0.4 is 10.2 Å². The molecule has 24 heavy (non-hydrogen) atoms. The first-order valence-electron chi connectivity index (χ1n) is 8.18. The maximum Gasteiger partial charge on any atom is 0.123 e. The number of nitrogens with zero attached hydrogens (tertiary/aromatic N) is 2. The number of hydrogen-bond donors (Lipinski definition) is 1. The van der Waals surface area contributed by atoms with Crippen LogP contribution in [0.15, 0.2) is 59.8 Å². The zero-order chi connectivity index (χ0) is 16.9. The molecule has 0 spiro atoms. The van der Waals surface area contributed by atoms with Gasteiger partial charge in [-0.25, -0.2) is 0 Å². The SMILES string of the molecule is COc1ccccc1CN/N=C/c1cn(C(C)C)c2ccccc12. The number of aromatic nitrogens is 1. The molecule has 0 atom stereocenters. The van der Waals surface area contributed by atoms with Gasteiger partial charge in [0, 0.05) is 34.3 Å². The molecule has 0 radical (unpaired) electrons. The minimum atomic E-state index is 0.415. The van der Waals surface area contributed by atoms with E-state index in [2.05, 4.69) is 59.4 Å². The van der Waals surface area contributed by atoms with Gasteiger partial charge < -0.3 is 14.7 Å². The molecule has 3 aromatic rings. The van der Waals surface area contributed by atoms with Crippen LogP contribution in [-0.4, -0.2) is 17.9 Å². The van der Waals surface area contributed by atoms with Crippen LogP contribution in [0.5, 0.6) is 5.75 Å². The lowest BCUT2D eigenvalue weighted by atomic mass is 10.2. The molecule has 0 aliphatic carbocycles. The Morgan fingerprint density at radius 2 is 1.88 bits per heavy atom. The quantitative estimate of drug-likeness (QED) is 0.541. The lowest BCUT2D eigenvalue weighted by molar-refractivity contribution is 0.408. The number of fused-ring (bicyclic) bond motifs is 1. The van der Waals surface area contributed by atoms with E-state index >= 15 is 0 Å². The lowest BCUT2D eigenvalue weighted by Crippen LogP contribution is -2.06. The molecule has 4 nitrogen and oxygen atoms in total. The van der Waals surface area contributed by atoms with Gasteiger partial charge in [0.25, 0.3) is 0 Å². The topological polar surface area (TPSA) is 38.5 Å². The molecule has 0 amide bonds. The highest BCUT2D eigenvalue weighted by molar-refractivity contribution is 5.99. The van der Waals surface area contributed by atoms with Gasteiger partial charge in [-0.2, -0.15) is 5.10 Å². The van der Waals surface area contributed by atoms with Crippen molar-refractivity contribution in [1.82, 2.24) is 9.99 Å². The molecule has 2 aromatic carbocycles. The van der Waals surface area contributed by atoms with Crippen molar-refractivity contribution in [2.45, 2.75) is 26.4 Å². The molecule has 1 heterocycles. The van der Waals surface area contributed by atoms with Crippen LogP contribution >= 0.6 is 0 Å². The first-order chi connectivity index (χ1) is 11.7. The molecule has 0 unspecified atom stereocenters. The fraction of sp³-hybridized carbons (Fsp3) is 0.250. The maximum absolute atomic E-state index is 5.35. The molecule has 1 N–H and O–H groups in total. The van der Waals surface area contributed by atoms with Crippen LogP contribution in [0.1, 0.15) is 31.0 Å². The summed E-state index contributed by atoms with van der Waals surface area (Å²) in [6.45, 7) is 5.00. The Labute approximate surface area is 142 Å². The predicted molar refractivity (Wildman–Crippen MR) is 99.8 cm³/mol. The van der Waals surface area contributed by atoms with Crippen LogP contribution in [-0.2, 0) is 6.54 Å². The molecule has 0 saturated carbocycles. The third-order valence-electron chi connectivity index (χ3n) is 4.08. The number of nitrogens with one attached hydrogen (secondary N) is 1. The highest BCUT2D eigenvalue weighted by Gasteiger charge is 2.08. The largest absolute Gasteiger partial charge is 0.496 e. The standard InChI is InChI=1S/C20H23N3O/c1-15(2)23-14-17(18-9-5-6-10-19(18)23)13-22-21-12-16-8-4-7-11-20(16)24-3/h4-11,13-15,21H,12H2,1-3H3/b22-13+. The van der Waals surface area contributed by atoms with Crippen LogP contribution in [0.4, 0.5) is 0 Å². The second-order valence-corrected chi connectivity index (χ2v) is 6.01. The monoisotopic (exact) mass is 321 g/mol. The molecule has 0 saturated heterocycles. The summed E-state index contributed by atoms with van der Waals surface area (Å²) < 4.78 is 7.63. The summed E-state index contributed by atoms with van der Waals surface area (Å²) >= 11 is 0. The summed E-state index contributed by atoms with van der Waals surface area (Å²) in [6.07, 6.45) is 4.04. The van der Waals surface area contributed by atoms with E-state index in [9.17, 15) is 0 Å². The van der Waals surface area contributed by atoms with Gasteiger partial charge in [-0.3, -0.25) is 0 Å². The van der Waals surface area contributed by atoms with Crippen LogP contribution in [0.25, 0.3) is 10.9 Å². The second kappa shape index (κ2) is 7.21. The highest BCUT2D eigenvalue weighted by atomic mass is 16.5. The zero-order valence-corrected chi connectivity index (χ0v) is 14.4. The number of para-hydroxylation sites is 2. The molecular formula is C20H23N3O. The average molecular weight is 321 g/mol. The summed E-state index contributed by atoms with van der Waals surface area (Å²) in [4.78, 5) is 0. The van der Waals surface area contributed by atoms with Gasteiger partial charge in [0.2, 0.25) is 0 Å². The van der Waals surface area contributed by atoms with Gasteiger partial charge in [-0.1, -0.05) is 36.4 Å². The van der Waals surface area contributed by atoms with Gasteiger partial charge in [0.15, 0.2) is 0 Å². The second-order valence-electron chi connectivity index (χ2n) is 6.01. The molecule has 3 rings (SSSR count). The number of rotatable bonds is 6.